The molecule has 0 saturated heterocycles. The number of methoxy groups -OCH3 is 1. The number of nitrogens with one attached hydrogen (secondary N) is 1. The van der Waals surface area contributed by atoms with Gasteiger partial charge in [-0.15, -0.1) is 0 Å². The van der Waals surface area contributed by atoms with Crippen LogP contribution in [0.5, 0.6) is 11.5 Å². The van der Waals surface area contributed by atoms with Crippen molar-refractivity contribution in [1.82, 2.24) is 5.32 Å². The third-order valence-corrected chi connectivity index (χ3v) is 5.09. The number of aliphatic carboxylic acids is 1. The Morgan fingerprint density at radius 1 is 1.26 bits per heavy atom. The number of hydrogen-bond acceptors (Lipinski definition) is 5. The van der Waals surface area contributed by atoms with Crippen LogP contribution < -0.4 is 20.5 Å². The number of nitrogens with two attached hydrogens (primary N) is 1. The molecule has 1 aromatic rings. The first-order valence-electron chi connectivity index (χ1n) is 8.96. The summed E-state index contributed by atoms with van der Waals surface area (Å²) in [6.45, 7) is 1.77. The highest BCUT2D eigenvalue weighted by Crippen LogP contribution is 2.35. The van der Waals surface area contributed by atoms with Crippen molar-refractivity contribution in [2.45, 2.75) is 44.6 Å². The molecule has 148 valence electrons. The predicted molar refractivity (Wildman–Crippen MR) is 97.8 cm³/mol. The first kappa shape index (κ1) is 20.5. The van der Waals surface area contributed by atoms with E-state index in [0.29, 0.717) is 18.8 Å². The largest absolute Gasteiger partial charge is 0.493 e. The lowest BCUT2D eigenvalue weighted by molar-refractivity contribution is -0.146. The quantitative estimate of drug-likeness (QED) is 0.632. The second-order valence-electron chi connectivity index (χ2n) is 6.81. The summed E-state index contributed by atoms with van der Waals surface area (Å²) < 4.78 is 10.4. The van der Waals surface area contributed by atoms with Crippen LogP contribution in [0.3, 0.4) is 0 Å². The Morgan fingerprint density at radius 2 is 1.93 bits per heavy atom. The summed E-state index contributed by atoms with van der Waals surface area (Å²) in [5, 5.41) is 12.4. The molecule has 2 amide bonds. The number of carbonyl (C=O) groups is 3. The molecule has 0 heterocycles. The van der Waals surface area contributed by atoms with E-state index in [1.165, 1.54) is 25.3 Å². The van der Waals surface area contributed by atoms with Gasteiger partial charge in [-0.3, -0.25) is 9.59 Å². The summed E-state index contributed by atoms with van der Waals surface area (Å²) in [6.07, 6.45) is 3.36. The first-order chi connectivity index (χ1) is 12.8. The van der Waals surface area contributed by atoms with Gasteiger partial charge in [-0.25, -0.2) is 4.79 Å². The van der Waals surface area contributed by atoms with Crippen molar-refractivity contribution in [1.29, 1.82) is 0 Å². The van der Waals surface area contributed by atoms with Gasteiger partial charge in [-0.2, -0.15) is 0 Å². The van der Waals surface area contributed by atoms with Gasteiger partial charge in [0.2, 0.25) is 0 Å². The Balaban J connectivity index is 2.16. The van der Waals surface area contributed by atoms with Gasteiger partial charge in [0.05, 0.1) is 7.11 Å². The lowest BCUT2D eigenvalue weighted by atomic mass is 9.75. The lowest BCUT2D eigenvalue weighted by Crippen LogP contribution is -2.56. The molecule has 1 aliphatic rings. The highest BCUT2D eigenvalue weighted by Gasteiger charge is 2.43. The third-order valence-electron chi connectivity index (χ3n) is 5.09. The second-order valence-corrected chi connectivity index (χ2v) is 6.81. The topological polar surface area (TPSA) is 128 Å². The second kappa shape index (κ2) is 8.75. The van der Waals surface area contributed by atoms with Gasteiger partial charge >= 0.3 is 5.97 Å². The average molecular weight is 378 g/mol. The van der Waals surface area contributed by atoms with Crippen LogP contribution in [0.4, 0.5) is 0 Å². The number of carbonyl (C=O) groups excluding carboxylic acids is 2. The van der Waals surface area contributed by atoms with Gasteiger partial charge in [0.1, 0.15) is 5.54 Å². The fourth-order valence-electron chi connectivity index (χ4n) is 3.34. The van der Waals surface area contributed by atoms with Crippen LogP contribution in [0.15, 0.2) is 18.2 Å². The summed E-state index contributed by atoms with van der Waals surface area (Å²) in [6, 6.07) is 4.42. The van der Waals surface area contributed by atoms with E-state index >= 15 is 0 Å². The molecule has 1 fully saturated rings. The van der Waals surface area contributed by atoms with Crippen molar-refractivity contribution in [3.8, 4) is 11.5 Å². The molecule has 0 aromatic heterocycles. The Hall–Kier alpha value is -2.77. The van der Waals surface area contributed by atoms with Crippen molar-refractivity contribution in [2.75, 3.05) is 13.7 Å². The Kier molecular flexibility index (Phi) is 6.65. The molecular formula is C19H26N2O6. The van der Waals surface area contributed by atoms with Crippen LogP contribution in [-0.2, 0) is 9.59 Å². The number of carboxylic acid groups (broad SMARTS) is 1. The zero-order valence-electron chi connectivity index (χ0n) is 15.6. The van der Waals surface area contributed by atoms with Gasteiger partial charge in [-0.1, -0.05) is 13.3 Å². The number of benzene rings is 1. The standard InChI is InChI=1S/C19H26N2O6/c1-3-12-6-8-19(9-7-12,18(24)25)21-17(23)13-4-5-14(15(10-13)26-2)27-11-16(20)22/h4-5,10,12H,3,6-9,11H2,1-2H3,(H2,20,22)(H,21,23)(H,24,25). The van der Waals surface area contributed by atoms with Crippen molar-refractivity contribution in [3.05, 3.63) is 23.8 Å². The molecule has 2 rings (SSSR count). The molecule has 0 spiro atoms. The third kappa shape index (κ3) is 4.90. The Morgan fingerprint density at radius 3 is 2.44 bits per heavy atom. The van der Waals surface area contributed by atoms with E-state index in [1.54, 1.807) is 0 Å². The minimum atomic E-state index is -1.25. The van der Waals surface area contributed by atoms with Gasteiger partial charge in [0.15, 0.2) is 18.1 Å². The van der Waals surface area contributed by atoms with Crippen LogP contribution in [0.1, 0.15) is 49.4 Å². The fourth-order valence-corrected chi connectivity index (χ4v) is 3.34. The first-order valence-corrected chi connectivity index (χ1v) is 8.96. The molecule has 0 unspecified atom stereocenters. The van der Waals surface area contributed by atoms with E-state index in [4.69, 9.17) is 15.2 Å². The molecule has 1 aromatic carbocycles. The van der Waals surface area contributed by atoms with Gasteiger partial charge in [-0.05, 0) is 49.8 Å². The average Bonchev–Trinajstić information content (AvgIpc) is 2.66. The predicted octanol–water partition coefficient (Wildman–Crippen LogP) is 1.71. The summed E-state index contributed by atoms with van der Waals surface area (Å²) in [7, 11) is 1.40. The van der Waals surface area contributed by atoms with E-state index in [9.17, 15) is 19.5 Å². The molecule has 0 atom stereocenters. The van der Waals surface area contributed by atoms with Gasteiger partial charge in [0, 0.05) is 5.56 Å². The summed E-state index contributed by atoms with van der Waals surface area (Å²) in [5.74, 6) is -1.13. The van der Waals surface area contributed by atoms with Crippen molar-refractivity contribution >= 4 is 17.8 Å². The molecule has 0 bridgehead atoms. The van der Waals surface area contributed by atoms with E-state index in [2.05, 4.69) is 12.2 Å². The van der Waals surface area contributed by atoms with E-state index in [-0.39, 0.29) is 23.7 Å². The molecule has 0 radical (unpaired) electrons. The van der Waals surface area contributed by atoms with Crippen molar-refractivity contribution in [2.24, 2.45) is 11.7 Å². The van der Waals surface area contributed by atoms with E-state index < -0.39 is 23.3 Å². The van der Waals surface area contributed by atoms with Gasteiger partial charge < -0.3 is 25.6 Å². The number of rotatable bonds is 8. The fraction of sp³-hybridized carbons (Fsp3) is 0.526. The smallest absolute Gasteiger partial charge is 0.329 e. The summed E-state index contributed by atoms with van der Waals surface area (Å²) in [4.78, 5) is 35.4. The number of primary amides is 1. The zero-order valence-corrected chi connectivity index (χ0v) is 15.6. The monoisotopic (exact) mass is 378 g/mol. The van der Waals surface area contributed by atoms with Crippen molar-refractivity contribution < 1.29 is 29.0 Å². The van der Waals surface area contributed by atoms with Crippen LogP contribution in [0.2, 0.25) is 0 Å². The van der Waals surface area contributed by atoms with E-state index in [0.717, 1.165) is 19.3 Å². The summed E-state index contributed by atoms with van der Waals surface area (Å²) in [5.41, 5.74) is 4.05. The maximum absolute atomic E-state index is 12.7. The number of amides is 2. The molecule has 1 saturated carbocycles. The van der Waals surface area contributed by atoms with Crippen LogP contribution in [0, 0.1) is 5.92 Å². The van der Waals surface area contributed by atoms with Crippen LogP contribution in [0.25, 0.3) is 0 Å². The molecule has 0 aliphatic heterocycles. The number of hydrogen-bond donors (Lipinski definition) is 3. The number of carboxylic acids is 1. The SMILES string of the molecule is CCC1CCC(NC(=O)c2ccc(OCC(N)=O)c(OC)c2)(C(=O)O)CC1. The Labute approximate surface area is 158 Å². The molecule has 4 N–H and O–H groups in total. The molecule has 27 heavy (non-hydrogen) atoms. The highest BCUT2D eigenvalue weighted by molar-refractivity contribution is 5.98. The van der Waals surface area contributed by atoms with Gasteiger partial charge in [0.25, 0.3) is 11.8 Å². The maximum Gasteiger partial charge on any atom is 0.329 e. The molecular weight excluding hydrogens is 352 g/mol. The lowest BCUT2D eigenvalue weighted by Gasteiger charge is -2.37. The van der Waals surface area contributed by atoms with Crippen LogP contribution >= 0.6 is 0 Å². The molecule has 1 aliphatic carbocycles. The normalized spacial score (nSPS) is 21.9. The maximum atomic E-state index is 12.7. The molecule has 8 nitrogen and oxygen atoms in total. The minimum absolute atomic E-state index is 0.247. The molecule has 8 heteroatoms. The van der Waals surface area contributed by atoms with Crippen molar-refractivity contribution in [3.63, 3.8) is 0 Å². The highest BCUT2D eigenvalue weighted by atomic mass is 16.5. The van der Waals surface area contributed by atoms with E-state index in [1.807, 2.05) is 0 Å². The zero-order chi connectivity index (χ0) is 20.0. The summed E-state index contributed by atoms with van der Waals surface area (Å²) >= 11 is 0. The Bertz CT molecular complexity index is 710. The van der Waals surface area contributed by atoms with Crippen LogP contribution in [-0.4, -0.2) is 42.1 Å². The minimum Gasteiger partial charge on any atom is -0.493 e. The number of ether oxygens (including phenoxy) is 2.